The van der Waals surface area contributed by atoms with E-state index >= 15 is 0 Å². The number of ether oxygens (including phenoxy) is 1. The van der Waals surface area contributed by atoms with Gasteiger partial charge in [0, 0.05) is 6.04 Å². The molecule has 2 rings (SSSR count). The molecular formula is C18H23NO2. The van der Waals surface area contributed by atoms with Crippen LogP contribution < -0.4 is 10.1 Å². The number of benzene rings is 2. The van der Waals surface area contributed by atoms with Crippen LogP contribution in [0, 0.1) is 6.92 Å². The monoisotopic (exact) mass is 285 g/mol. The van der Waals surface area contributed by atoms with Gasteiger partial charge in [-0.1, -0.05) is 31.2 Å². The van der Waals surface area contributed by atoms with Gasteiger partial charge in [0.25, 0.3) is 0 Å². The molecule has 1 unspecified atom stereocenters. The third kappa shape index (κ3) is 3.99. The number of nitrogens with one attached hydrogen (secondary N) is 1. The third-order valence-electron chi connectivity index (χ3n) is 3.62. The van der Waals surface area contributed by atoms with Gasteiger partial charge in [-0.3, -0.25) is 0 Å². The molecule has 0 radical (unpaired) electrons. The van der Waals surface area contributed by atoms with Gasteiger partial charge in [-0.25, -0.2) is 0 Å². The Morgan fingerprint density at radius 2 is 2.00 bits per heavy atom. The van der Waals surface area contributed by atoms with Gasteiger partial charge in [0.05, 0.1) is 7.11 Å². The SMILES string of the molecule is CCNC(Cc1cccc(O)c1)c1ccc(OC)c(C)c1. The number of hydrogen-bond acceptors (Lipinski definition) is 3. The van der Waals surface area contributed by atoms with Crippen molar-refractivity contribution in [3.8, 4) is 11.5 Å². The maximum Gasteiger partial charge on any atom is 0.121 e. The highest BCUT2D eigenvalue weighted by Gasteiger charge is 2.13. The Labute approximate surface area is 126 Å². The fraction of sp³-hybridized carbons (Fsp3) is 0.333. The molecule has 0 spiro atoms. The first-order valence-corrected chi connectivity index (χ1v) is 7.30. The molecule has 0 aliphatic heterocycles. The van der Waals surface area contributed by atoms with Crippen LogP contribution in [0.15, 0.2) is 42.5 Å². The molecule has 112 valence electrons. The van der Waals surface area contributed by atoms with Crippen LogP contribution in [-0.4, -0.2) is 18.8 Å². The Balaban J connectivity index is 2.24. The van der Waals surface area contributed by atoms with Crippen LogP contribution in [0.1, 0.15) is 29.7 Å². The van der Waals surface area contributed by atoms with E-state index < -0.39 is 0 Å². The summed E-state index contributed by atoms with van der Waals surface area (Å²) in [5, 5.41) is 13.1. The summed E-state index contributed by atoms with van der Waals surface area (Å²) in [5.74, 6) is 1.22. The predicted molar refractivity (Wildman–Crippen MR) is 86.0 cm³/mol. The van der Waals surface area contributed by atoms with Gasteiger partial charge in [-0.15, -0.1) is 0 Å². The van der Waals surface area contributed by atoms with E-state index in [0.717, 1.165) is 29.8 Å². The number of aromatic hydroxyl groups is 1. The van der Waals surface area contributed by atoms with Gasteiger partial charge in [-0.05, 0) is 54.8 Å². The number of rotatable bonds is 6. The maximum atomic E-state index is 9.60. The maximum absolute atomic E-state index is 9.60. The van der Waals surface area contributed by atoms with Crippen molar-refractivity contribution in [2.75, 3.05) is 13.7 Å². The van der Waals surface area contributed by atoms with Crippen LogP contribution in [0.3, 0.4) is 0 Å². The number of hydrogen-bond donors (Lipinski definition) is 2. The summed E-state index contributed by atoms with van der Waals surface area (Å²) < 4.78 is 5.32. The second-order valence-corrected chi connectivity index (χ2v) is 5.21. The van der Waals surface area contributed by atoms with Crippen molar-refractivity contribution in [1.82, 2.24) is 5.32 Å². The van der Waals surface area contributed by atoms with Gasteiger partial charge in [-0.2, -0.15) is 0 Å². The lowest BCUT2D eigenvalue weighted by molar-refractivity contribution is 0.411. The fourth-order valence-corrected chi connectivity index (χ4v) is 2.59. The van der Waals surface area contributed by atoms with Gasteiger partial charge in [0.1, 0.15) is 11.5 Å². The first kappa shape index (κ1) is 15.4. The Bertz CT molecular complexity index is 596. The number of methoxy groups -OCH3 is 1. The van der Waals surface area contributed by atoms with Crippen LogP contribution in [0.5, 0.6) is 11.5 Å². The van der Waals surface area contributed by atoms with E-state index in [1.165, 1.54) is 5.56 Å². The molecule has 3 heteroatoms. The van der Waals surface area contributed by atoms with Crippen molar-refractivity contribution in [3.05, 3.63) is 59.2 Å². The second-order valence-electron chi connectivity index (χ2n) is 5.21. The van der Waals surface area contributed by atoms with E-state index in [9.17, 15) is 5.11 Å². The molecule has 0 aliphatic rings. The van der Waals surface area contributed by atoms with Gasteiger partial charge < -0.3 is 15.2 Å². The van der Waals surface area contributed by atoms with E-state index in [-0.39, 0.29) is 6.04 Å². The van der Waals surface area contributed by atoms with Crippen LogP contribution >= 0.6 is 0 Å². The van der Waals surface area contributed by atoms with Crippen molar-refractivity contribution in [3.63, 3.8) is 0 Å². The van der Waals surface area contributed by atoms with E-state index in [1.807, 2.05) is 24.3 Å². The van der Waals surface area contributed by atoms with E-state index in [0.29, 0.717) is 5.75 Å². The minimum atomic E-state index is 0.224. The summed E-state index contributed by atoms with van der Waals surface area (Å²) in [4.78, 5) is 0. The molecule has 0 aromatic heterocycles. The Hall–Kier alpha value is -2.00. The van der Waals surface area contributed by atoms with Crippen molar-refractivity contribution >= 4 is 0 Å². The molecule has 1 atom stereocenters. The summed E-state index contributed by atoms with van der Waals surface area (Å²) in [5.41, 5.74) is 3.49. The van der Waals surface area contributed by atoms with Gasteiger partial charge >= 0.3 is 0 Å². The topological polar surface area (TPSA) is 41.5 Å². The van der Waals surface area contributed by atoms with Crippen LogP contribution in [-0.2, 0) is 6.42 Å². The molecule has 2 aromatic carbocycles. The Morgan fingerprint density at radius 1 is 1.19 bits per heavy atom. The minimum Gasteiger partial charge on any atom is -0.508 e. The smallest absolute Gasteiger partial charge is 0.121 e. The Kier molecular flexibility index (Phi) is 5.23. The lowest BCUT2D eigenvalue weighted by atomic mass is 9.97. The summed E-state index contributed by atoms with van der Waals surface area (Å²) in [6.45, 7) is 5.06. The molecular weight excluding hydrogens is 262 g/mol. The van der Waals surface area contributed by atoms with Gasteiger partial charge in [0.2, 0.25) is 0 Å². The second kappa shape index (κ2) is 7.14. The summed E-state index contributed by atoms with van der Waals surface area (Å²) in [7, 11) is 1.69. The molecule has 0 fully saturated rings. The molecule has 2 N–H and O–H groups in total. The molecule has 2 aromatic rings. The first-order valence-electron chi connectivity index (χ1n) is 7.30. The average molecular weight is 285 g/mol. The molecule has 0 saturated heterocycles. The number of aryl methyl sites for hydroxylation is 1. The molecule has 0 bridgehead atoms. The average Bonchev–Trinajstić information content (AvgIpc) is 2.47. The normalized spacial score (nSPS) is 12.1. The first-order chi connectivity index (χ1) is 10.1. The molecule has 3 nitrogen and oxygen atoms in total. The summed E-state index contributed by atoms with van der Waals surface area (Å²) in [6, 6.07) is 13.9. The zero-order chi connectivity index (χ0) is 15.2. The van der Waals surface area contributed by atoms with Crippen molar-refractivity contribution in [2.45, 2.75) is 26.3 Å². The fourth-order valence-electron chi connectivity index (χ4n) is 2.59. The van der Waals surface area contributed by atoms with Crippen molar-refractivity contribution in [1.29, 1.82) is 0 Å². The number of phenolic OH excluding ortho intramolecular Hbond substituents is 1. The molecule has 0 saturated carbocycles. The minimum absolute atomic E-state index is 0.224. The zero-order valence-corrected chi connectivity index (χ0v) is 12.9. The standard InChI is InChI=1S/C18H23NO2/c1-4-19-17(12-14-6-5-7-16(20)11-14)15-8-9-18(21-3)13(2)10-15/h5-11,17,19-20H,4,12H2,1-3H3. The van der Waals surface area contributed by atoms with Crippen LogP contribution in [0.2, 0.25) is 0 Å². The van der Waals surface area contributed by atoms with E-state index in [4.69, 9.17) is 4.74 Å². The molecule has 0 heterocycles. The van der Waals surface area contributed by atoms with Crippen molar-refractivity contribution < 1.29 is 9.84 Å². The number of phenols is 1. The highest BCUT2D eigenvalue weighted by atomic mass is 16.5. The van der Waals surface area contributed by atoms with E-state index in [1.54, 1.807) is 13.2 Å². The number of likely N-dealkylation sites (N-methyl/N-ethyl adjacent to an activating group) is 1. The highest BCUT2D eigenvalue weighted by molar-refractivity contribution is 5.38. The molecule has 21 heavy (non-hydrogen) atoms. The lowest BCUT2D eigenvalue weighted by Gasteiger charge is -2.20. The van der Waals surface area contributed by atoms with Gasteiger partial charge in [0.15, 0.2) is 0 Å². The predicted octanol–water partition coefficient (Wildman–Crippen LogP) is 3.60. The largest absolute Gasteiger partial charge is 0.508 e. The highest BCUT2D eigenvalue weighted by Crippen LogP contribution is 2.25. The lowest BCUT2D eigenvalue weighted by Crippen LogP contribution is -2.23. The summed E-state index contributed by atoms with van der Waals surface area (Å²) >= 11 is 0. The third-order valence-corrected chi connectivity index (χ3v) is 3.62. The zero-order valence-electron chi connectivity index (χ0n) is 12.9. The van der Waals surface area contributed by atoms with E-state index in [2.05, 4.69) is 31.3 Å². The quantitative estimate of drug-likeness (QED) is 0.852. The summed E-state index contributed by atoms with van der Waals surface area (Å²) in [6.07, 6.45) is 0.841. The molecule has 0 aliphatic carbocycles. The van der Waals surface area contributed by atoms with Crippen LogP contribution in [0.25, 0.3) is 0 Å². The van der Waals surface area contributed by atoms with Crippen molar-refractivity contribution in [2.24, 2.45) is 0 Å². The molecule has 0 amide bonds. The van der Waals surface area contributed by atoms with Crippen LogP contribution in [0.4, 0.5) is 0 Å². The Morgan fingerprint density at radius 3 is 2.62 bits per heavy atom.